The fourth-order valence-corrected chi connectivity index (χ4v) is 4.11. The smallest absolute Gasteiger partial charge is 0.191 e. The van der Waals surface area contributed by atoms with Crippen LogP contribution in [0.3, 0.4) is 0 Å². The second kappa shape index (κ2) is 12.0. The summed E-state index contributed by atoms with van der Waals surface area (Å²) in [5.41, 5.74) is 0. The first kappa shape index (κ1) is 23.5. The molecule has 1 aromatic heterocycles. The van der Waals surface area contributed by atoms with E-state index in [-0.39, 0.29) is 30.0 Å². The Bertz CT molecular complexity index is 565. The number of rotatable bonds is 9. The number of guanidine groups is 1. The van der Waals surface area contributed by atoms with Gasteiger partial charge in [0.25, 0.3) is 0 Å². The molecular formula is C21H38IN5O. The number of halogens is 1. The van der Waals surface area contributed by atoms with Crippen LogP contribution >= 0.6 is 24.0 Å². The second-order valence-corrected chi connectivity index (χ2v) is 8.07. The molecule has 0 radical (unpaired) electrons. The van der Waals surface area contributed by atoms with Crippen molar-refractivity contribution in [1.82, 2.24) is 20.4 Å². The van der Waals surface area contributed by atoms with E-state index in [1.165, 1.54) is 32.1 Å². The number of likely N-dealkylation sites (tertiary alicyclic amines) is 1. The lowest BCUT2D eigenvalue weighted by Gasteiger charge is -2.33. The summed E-state index contributed by atoms with van der Waals surface area (Å²) >= 11 is 0. The quantitative estimate of drug-likeness (QED) is 0.307. The Labute approximate surface area is 187 Å². The lowest BCUT2D eigenvalue weighted by Crippen LogP contribution is -2.46. The van der Waals surface area contributed by atoms with Gasteiger partial charge in [-0.1, -0.05) is 6.42 Å². The topological polar surface area (TPSA) is 56.0 Å². The van der Waals surface area contributed by atoms with Crippen LogP contribution in [0.1, 0.15) is 57.8 Å². The van der Waals surface area contributed by atoms with Gasteiger partial charge in [0.05, 0.1) is 12.3 Å². The molecule has 0 aromatic carbocycles. The minimum Gasteiger partial charge on any atom is -0.468 e. The summed E-state index contributed by atoms with van der Waals surface area (Å²) in [6.07, 6.45) is 8.37. The molecule has 2 fully saturated rings. The zero-order valence-corrected chi connectivity index (χ0v) is 20.0. The Kier molecular flexibility index (Phi) is 10.1. The predicted molar refractivity (Wildman–Crippen MR) is 127 cm³/mol. The highest BCUT2D eigenvalue weighted by atomic mass is 127. The van der Waals surface area contributed by atoms with Crippen LogP contribution in [0, 0.1) is 0 Å². The molecule has 1 aromatic rings. The molecule has 1 saturated carbocycles. The minimum atomic E-state index is 0. The molecule has 6 nitrogen and oxygen atoms in total. The molecule has 1 saturated heterocycles. The van der Waals surface area contributed by atoms with Crippen LogP contribution in [0.25, 0.3) is 0 Å². The number of aliphatic imine (C=N–C) groups is 1. The van der Waals surface area contributed by atoms with E-state index in [1.807, 2.05) is 13.1 Å². The summed E-state index contributed by atoms with van der Waals surface area (Å²) < 4.78 is 5.74. The summed E-state index contributed by atoms with van der Waals surface area (Å²) in [5.74, 6) is 1.92. The van der Waals surface area contributed by atoms with Gasteiger partial charge in [-0.05, 0) is 64.8 Å². The van der Waals surface area contributed by atoms with Crippen molar-refractivity contribution in [2.45, 2.75) is 64.1 Å². The lowest BCUT2D eigenvalue weighted by molar-refractivity contribution is 0.146. The minimum absolute atomic E-state index is 0. The molecule has 2 heterocycles. The zero-order chi connectivity index (χ0) is 19.1. The molecule has 1 unspecified atom stereocenters. The molecule has 7 heteroatoms. The van der Waals surface area contributed by atoms with Gasteiger partial charge in [0.15, 0.2) is 5.96 Å². The first-order valence-electron chi connectivity index (χ1n) is 10.7. The largest absolute Gasteiger partial charge is 0.468 e. The maximum atomic E-state index is 5.74. The Morgan fingerprint density at radius 3 is 2.57 bits per heavy atom. The second-order valence-electron chi connectivity index (χ2n) is 8.07. The van der Waals surface area contributed by atoms with E-state index in [2.05, 4.69) is 45.3 Å². The molecule has 1 aliphatic heterocycles. The van der Waals surface area contributed by atoms with Crippen molar-refractivity contribution in [1.29, 1.82) is 0 Å². The zero-order valence-electron chi connectivity index (χ0n) is 17.7. The van der Waals surface area contributed by atoms with Crippen molar-refractivity contribution < 1.29 is 4.42 Å². The van der Waals surface area contributed by atoms with Gasteiger partial charge in [-0.25, -0.2) is 0 Å². The van der Waals surface area contributed by atoms with E-state index in [9.17, 15) is 0 Å². The molecule has 0 bridgehead atoms. The van der Waals surface area contributed by atoms with Crippen molar-refractivity contribution in [2.75, 3.05) is 39.8 Å². The molecule has 2 aliphatic rings. The van der Waals surface area contributed by atoms with Crippen molar-refractivity contribution in [2.24, 2.45) is 4.99 Å². The molecule has 3 rings (SSSR count). The van der Waals surface area contributed by atoms with Gasteiger partial charge in [0.2, 0.25) is 0 Å². The molecular weight excluding hydrogens is 465 g/mol. The summed E-state index contributed by atoms with van der Waals surface area (Å²) in [6, 6.07) is 5.74. The SMILES string of the molecule is CN=C(NCCN(C(C)C)C1CC1)NCC(c1ccco1)N1CCCCC1.I. The van der Waals surface area contributed by atoms with Crippen LogP contribution < -0.4 is 10.6 Å². The molecule has 0 spiro atoms. The first-order chi connectivity index (χ1) is 13.2. The van der Waals surface area contributed by atoms with Crippen molar-refractivity contribution >= 4 is 29.9 Å². The maximum Gasteiger partial charge on any atom is 0.191 e. The summed E-state index contributed by atoms with van der Waals surface area (Å²) in [4.78, 5) is 9.55. The lowest BCUT2D eigenvalue weighted by atomic mass is 10.1. The Morgan fingerprint density at radius 2 is 2.00 bits per heavy atom. The molecule has 1 aliphatic carbocycles. The van der Waals surface area contributed by atoms with Gasteiger partial charge in [-0.2, -0.15) is 0 Å². The Hall–Kier alpha value is -0.800. The highest BCUT2D eigenvalue weighted by Crippen LogP contribution is 2.28. The third kappa shape index (κ3) is 6.91. The highest BCUT2D eigenvalue weighted by Gasteiger charge is 2.30. The summed E-state index contributed by atoms with van der Waals surface area (Å²) in [5, 5.41) is 7.01. The van der Waals surface area contributed by atoms with Crippen LogP contribution in [0.15, 0.2) is 27.8 Å². The molecule has 28 heavy (non-hydrogen) atoms. The van der Waals surface area contributed by atoms with E-state index < -0.39 is 0 Å². The van der Waals surface area contributed by atoms with Gasteiger partial charge in [-0.3, -0.25) is 14.8 Å². The predicted octanol–water partition coefficient (Wildman–Crippen LogP) is 3.46. The number of hydrogen-bond acceptors (Lipinski definition) is 4. The normalized spacial score (nSPS) is 19.5. The van der Waals surface area contributed by atoms with Crippen molar-refractivity contribution in [3.05, 3.63) is 24.2 Å². The van der Waals surface area contributed by atoms with Crippen LogP contribution in [-0.4, -0.2) is 67.6 Å². The van der Waals surface area contributed by atoms with E-state index >= 15 is 0 Å². The number of piperidine rings is 1. The monoisotopic (exact) mass is 503 g/mol. The van der Waals surface area contributed by atoms with Crippen LogP contribution in [0.5, 0.6) is 0 Å². The summed E-state index contributed by atoms with van der Waals surface area (Å²) in [6.45, 7) is 9.66. The van der Waals surface area contributed by atoms with E-state index in [4.69, 9.17) is 4.42 Å². The maximum absolute atomic E-state index is 5.74. The number of furan rings is 1. The third-order valence-electron chi connectivity index (χ3n) is 5.73. The van der Waals surface area contributed by atoms with Crippen molar-refractivity contribution in [3.63, 3.8) is 0 Å². The molecule has 1 atom stereocenters. The van der Waals surface area contributed by atoms with E-state index in [0.29, 0.717) is 6.04 Å². The van der Waals surface area contributed by atoms with Gasteiger partial charge in [0.1, 0.15) is 5.76 Å². The number of hydrogen-bond donors (Lipinski definition) is 2. The van der Waals surface area contributed by atoms with Crippen LogP contribution in [0.4, 0.5) is 0 Å². The van der Waals surface area contributed by atoms with Gasteiger partial charge in [-0.15, -0.1) is 24.0 Å². The van der Waals surface area contributed by atoms with Gasteiger partial charge < -0.3 is 15.1 Å². The first-order valence-corrected chi connectivity index (χ1v) is 10.7. The molecule has 160 valence electrons. The Morgan fingerprint density at radius 1 is 1.25 bits per heavy atom. The van der Waals surface area contributed by atoms with E-state index in [1.54, 1.807) is 6.26 Å². The van der Waals surface area contributed by atoms with Gasteiger partial charge in [0, 0.05) is 38.8 Å². The van der Waals surface area contributed by atoms with Gasteiger partial charge >= 0.3 is 0 Å². The average Bonchev–Trinajstić information content (AvgIpc) is 3.37. The molecule has 0 amide bonds. The van der Waals surface area contributed by atoms with Crippen LogP contribution in [0.2, 0.25) is 0 Å². The molecule has 2 N–H and O–H groups in total. The van der Waals surface area contributed by atoms with E-state index in [0.717, 1.165) is 50.5 Å². The average molecular weight is 503 g/mol. The third-order valence-corrected chi connectivity index (χ3v) is 5.73. The highest BCUT2D eigenvalue weighted by molar-refractivity contribution is 14.0. The fraction of sp³-hybridized carbons (Fsp3) is 0.762. The van der Waals surface area contributed by atoms with Crippen LogP contribution in [-0.2, 0) is 0 Å². The van der Waals surface area contributed by atoms with Crippen molar-refractivity contribution in [3.8, 4) is 0 Å². The Balaban J connectivity index is 0.00000280. The summed E-state index contributed by atoms with van der Waals surface area (Å²) in [7, 11) is 1.85. The standard InChI is InChI=1S/C21H37N5O.HI/c1-17(2)26(18-9-10-18)14-11-23-21(22-3)24-16-19(20-8-7-15-27-20)25-12-5-4-6-13-25;/h7-8,15,17-19H,4-6,9-14,16H2,1-3H3,(H2,22,23,24);1H. The number of nitrogens with one attached hydrogen (secondary N) is 2. The fourth-order valence-electron chi connectivity index (χ4n) is 4.11. The number of nitrogens with zero attached hydrogens (tertiary/aromatic N) is 3.